The van der Waals surface area contributed by atoms with Crippen LogP contribution in [0.3, 0.4) is 0 Å². The summed E-state index contributed by atoms with van der Waals surface area (Å²) < 4.78 is 29.6. The van der Waals surface area contributed by atoms with Crippen LogP contribution < -0.4 is 5.14 Å². The number of sulfonamides is 1. The van der Waals surface area contributed by atoms with Gasteiger partial charge < -0.3 is 4.74 Å². The fraction of sp³-hybridized carbons (Fsp3) is 0.769. The van der Waals surface area contributed by atoms with Crippen LogP contribution in [0.2, 0.25) is 0 Å². The Labute approximate surface area is 126 Å². The van der Waals surface area contributed by atoms with Crippen LogP contribution in [-0.4, -0.2) is 61.2 Å². The monoisotopic (exact) mass is 316 g/mol. The summed E-state index contributed by atoms with van der Waals surface area (Å²) in [5.41, 5.74) is 2.13. The molecule has 0 aliphatic carbocycles. The van der Waals surface area contributed by atoms with Gasteiger partial charge in [0.15, 0.2) is 0 Å². The predicted octanol–water partition coefficient (Wildman–Crippen LogP) is -0.121. The lowest BCUT2D eigenvalue weighted by Gasteiger charge is -2.33. The van der Waals surface area contributed by atoms with Crippen LogP contribution in [0.25, 0.3) is 0 Å². The molecule has 2 N–H and O–H groups in total. The molecule has 0 amide bonds. The van der Waals surface area contributed by atoms with E-state index < -0.39 is 10.0 Å². The fourth-order valence-electron chi connectivity index (χ4n) is 2.64. The lowest BCUT2D eigenvalue weighted by molar-refractivity contribution is -0.0375. The van der Waals surface area contributed by atoms with Crippen molar-refractivity contribution < 1.29 is 13.2 Å². The van der Waals surface area contributed by atoms with Crippen molar-refractivity contribution in [2.24, 2.45) is 5.14 Å². The van der Waals surface area contributed by atoms with Crippen molar-refractivity contribution in [2.45, 2.75) is 32.9 Å². The van der Waals surface area contributed by atoms with Crippen LogP contribution in [0.1, 0.15) is 17.8 Å². The molecular formula is C13H24N4O3S. The van der Waals surface area contributed by atoms with Crippen LogP contribution in [-0.2, 0) is 21.3 Å². The maximum absolute atomic E-state index is 10.9. The molecule has 2 rings (SSSR count). The molecule has 2 heterocycles. The maximum atomic E-state index is 10.9. The van der Waals surface area contributed by atoms with Crippen LogP contribution in [0.5, 0.6) is 0 Å². The molecule has 7 nitrogen and oxygen atoms in total. The first kappa shape index (κ1) is 16.4. The van der Waals surface area contributed by atoms with E-state index in [1.165, 1.54) is 0 Å². The topological polar surface area (TPSA) is 90.5 Å². The third-order valence-electron chi connectivity index (χ3n) is 3.61. The van der Waals surface area contributed by atoms with E-state index in [1.807, 2.05) is 24.6 Å². The molecule has 0 unspecified atom stereocenters. The number of hydrogen-bond acceptors (Lipinski definition) is 5. The molecule has 21 heavy (non-hydrogen) atoms. The maximum Gasteiger partial charge on any atom is 0.209 e. The van der Waals surface area contributed by atoms with Gasteiger partial charge in [0.1, 0.15) is 0 Å². The van der Waals surface area contributed by atoms with Crippen LogP contribution in [0.15, 0.2) is 6.07 Å². The van der Waals surface area contributed by atoms with E-state index in [-0.39, 0.29) is 11.9 Å². The molecule has 0 spiro atoms. The summed E-state index contributed by atoms with van der Waals surface area (Å²) in [5, 5.41) is 9.46. The third-order valence-corrected chi connectivity index (χ3v) is 4.46. The van der Waals surface area contributed by atoms with Gasteiger partial charge >= 0.3 is 0 Å². The second kappa shape index (κ2) is 6.87. The normalized spacial score (nSPS) is 20.8. The standard InChI is InChI=1S/C13H24N4O3S/c1-11-8-12(2)17(15-11)10-13-9-16(5-6-20-13)4-3-7-21(14,18)19/h8,13H,3-7,9-10H2,1-2H3,(H2,14,18,19)/t13-/m1/s1. The van der Waals surface area contributed by atoms with E-state index in [1.54, 1.807) is 0 Å². The number of hydrogen-bond donors (Lipinski definition) is 1. The predicted molar refractivity (Wildman–Crippen MR) is 80.5 cm³/mol. The van der Waals surface area contributed by atoms with Crippen LogP contribution >= 0.6 is 0 Å². The zero-order valence-electron chi connectivity index (χ0n) is 12.7. The molecular weight excluding hydrogens is 292 g/mol. The van der Waals surface area contributed by atoms with Crippen molar-refractivity contribution in [1.82, 2.24) is 14.7 Å². The van der Waals surface area contributed by atoms with E-state index in [4.69, 9.17) is 9.88 Å². The Kier molecular flexibility index (Phi) is 5.37. The van der Waals surface area contributed by atoms with Gasteiger partial charge in [-0.25, -0.2) is 13.6 Å². The Hall–Kier alpha value is -0.960. The molecule has 0 aromatic carbocycles. The molecule has 1 fully saturated rings. The molecule has 0 radical (unpaired) electrons. The summed E-state index contributed by atoms with van der Waals surface area (Å²) in [6, 6.07) is 2.05. The van der Waals surface area contributed by atoms with E-state index in [2.05, 4.69) is 10.00 Å². The number of primary sulfonamides is 1. The second-order valence-electron chi connectivity index (χ2n) is 5.62. The molecule has 1 atom stereocenters. The van der Waals surface area contributed by atoms with Gasteiger partial charge in [0, 0.05) is 18.8 Å². The number of ether oxygens (including phenoxy) is 1. The van der Waals surface area contributed by atoms with Gasteiger partial charge in [-0.15, -0.1) is 0 Å². The van der Waals surface area contributed by atoms with E-state index in [0.29, 0.717) is 13.0 Å². The number of morpholine rings is 1. The highest BCUT2D eigenvalue weighted by molar-refractivity contribution is 7.89. The Morgan fingerprint density at radius 1 is 1.48 bits per heavy atom. The molecule has 1 aromatic rings. The summed E-state index contributed by atoms with van der Waals surface area (Å²) in [7, 11) is -3.36. The van der Waals surface area contributed by atoms with E-state index in [0.717, 1.165) is 37.6 Å². The number of aryl methyl sites for hydroxylation is 2. The van der Waals surface area contributed by atoms with Crippen molar-refractivity contribution in [3.05, 3.63) is 17.5 Å². The fourth-order valence-corrected chi connectivity index (χ4v) is 3.17. The molecule has 120 valence electrons. The Balaban J connectivity index is 1.82. The minimum atomic E-state index is -3.36. The van der Waals surface area contributed by atoms with Crippen molar-refractivity contribution in [2.75, 3.05) is 32.0 Å². The largest absolute Gasteiger partial charge is 0.374 e. The summed E-state index contributed by atoms with van der Waals surface area (Å²) in [6.45, 7) is 7.76. The van der Waals surface area contributed by atoms with Crippen molar-refractivity contribution in [3.63, 3.8) is 0 Å². The molecule has 1 aliphatic rings. The lowest BCUT2D eigenvalue weighted by Crippen LogP contribution is -2.45. The first-order chi connectivity index (χ1) is 9.83. The lowest BCUT2D eigenvalue weighted by atomic mass is 10.2. The summed E-state index contributed by atoms with van der Waals surface area (Å²) >= 11 is 0. The second-order valence-corrected chi connectivity index (χ2v) is 7.36. The van der Waals surface area contributed by atoms with Crippen LogP contribution in [0.4, 0.5) is 0 Å². The van der Waals surface area contributed by atoms with Gasteiger partial charge in [0.2, 0.25) is 10.0 Å². The summed E-state index contributed by atoms with van der Waals surface area (Å²) in [4.78, 5) is 2.23. The van der Waals surface area contributed by atoms with Gasteiger partial charge in [-0.2, -0.15) is 5.10 Å². The average Bonchev–Trinajstić information content (AvgIpc) is 2.66. The Bertz CT molecular complexity index is 570. The third kappa shape index (κ3) is 5.39. The highest BCUT2D eigenvalue weighted by atomic mass is 32.2. The summed E-state index contributed by atoms with van der Waals surface area (Å²) in [5.74, 6) is 0.0342. The highest BCUT2D eigenvalue weighted by Gasteiger charge is 2.21. The van der Waals surface area contributed by atoms with Crippen molar-refractivity contribution in [1.29, 1.82) is 0 Å². The first-order valence-corrected chi connectivity index (χ1v) is 8.90. The zero-order chi connectivity index (χ0) is 15.5. The number of nitrogens with two attached hydrogens (primary N) is 1. The van der Waals surface area contributed by atoms with Crippen molar-refractivity contribution in [3.8, 4) is 0 Å². The van der Waals surface area contributed by atoms with E-state index >= 15 is 0 Å². The van der Waals surface area contributed by atoms with Crippen molar-refractivity contribution >= 4 is 10.0 Å². The smallest absolute Gasteiger partial charge is 0.209 e. The first-order valence-electron chi connectivity index (χ1n) is 7.19. The molecule has 0 bridgehead atoms. The highest BCUT2D eigenvalue weighted by Crippen LogP contribution is 2.10. The minimum Gasteiger partial charge on any atom is -0.374 e. The van der Waals surface area contributed by atoms with E-state index in [9.17, 15) is 8.42 Å². The summed E-state index contributed by atoms with van der Waals surface area (Å²) in [6.07, 6.45) is 0.650. The number of nitrogens with zero attached hydrogens (tertiary/aromatic N) is 3. The quantitative estimate of drug-likeness (QED) is 0.790. The van der Waals surface area contributed by atoms with Gasteiger partial charge in [-0.3, -0.25) is 9.58 Å². The Morgan fingerprint density at radius 2 is 2.24 bits per heavy atom. The van der Waals surface area contributed by atoms with Gasteiger partial charge in [0.05, 0.1) is 30.7 Å². The number of rotatable bonds is 6. The van der Waals surface area contributed by atoms with Gasteiger partial charge in [-0.05, 0) is 32.9 Å². The molecule has 1 saturated heterocycles. The SMILES string of the molecule is Cc1cc(C)n(C[C@H]2CN(CCCS(N)(=O)=O)CCO2)n1. The molecule has 0 saturated carbocycles. The van der Waals surface area contributed by atoms with Gasteiger partial charge in [-0.1, -0.05) is 0 Å². The molecule has 1 aliphatic heterocycles. The molecule has 1 aromatic heterocycles. The van der Waals surface area contributed by atoms with Crippen LogP contribution in [0, 0.1) is 13.8 Å². The Morgan fingerprint density at radius 3 is 2.86 bits per heavy atom. The number of aromatic nitrogens is 2. The molecule has 8 heteroatoms. The van der Waals surface area contributed by atoms with Gasteiger partial charge in [0.25, 0.3) is 0 Å². The zero-order valence-corrected chi connectivity index (χ0v) is 13.5. The minimum absolute atomic E-state index is 0.0342. The average molecular weight is 316 g/mol.